The maximum Gasteiger partial charge on any atom is 0.00915 e. The summed E-state index contributed by atoms with van der Waals surface area (Å²) in [5.74, 6) is 1.02. The minimum atomic E-state index is 0.807. The van der Waals surface area contributed by atoms with E-state index >= 15 is 0 Å². The Kier molecular flexibility index (Phi) is 6.66. The standard InChI is InChI=1S/C17H34N2/c1-3-4-5-6-7-15(2)19-12-10-17(11-13-19)18-14-16-8-9-16/h15-18H,3-14H2,1-2H3. The molecule has 0 bridgehead atoms. The molecule has 1 aliphatic heterocycles. The second-order valence-electron chi connectivity index (χ2n) is 6.86. The van der Waals surface area contributed by atoms with Crippen molar-refractivity contribution in [1.29, 1.82) is 0 Å². The van der Waals surface area contributed by atoms with Crippen molar-refractivity contribution in [3.05, 3.63) is 0 Å². The number of unbranched alkanes of at least 4 members (excludes halogenated alkanes) is 3. The highest BCUT2D eigenvalue weighted by Gasteiger charge is 2.25. The van der Waals surface area contributed by atoms with Gasteiger partial charge in [-0.15, -0.1) is 0 Å². The first-order valence-corrected chi connectivity index (χ1v) is 8.77. The first-order valence-electron chi connectivity index (χ1n) is 8.77. The molecule has 1 heterocycles. The fraction of sp³-hybridized carbons (Fsp3) is 1.00. The third kappa shape index (κ3) is 5.83. The van der Waals surface area contributed by atoms with Crippen LogP contribution in [0.15, 0.2) is 0 Å². The lowest BCUT2D eigenvalue weighted by Gasteiger charge is -2.36. The van der Waals surface area contributed by atoms with Crippen LogP contribution in [-0.2, 0) is 0 Å². The average molecular weight is 266 g/mol. The zero-order valence-corrected chi connectivity index (χ0v) is 13.2. The molecule has 1 saturated heterocycles. The van der Waals surface area contributed by atoms with Gasteiger partial charge in [0, 0.05) is 12.1 Å². The average Bonchev–Trinajstić information content (AvgIpc) is 3.26. The second kappa shape index (κ2) is 8.26. The predicted octanol–water partition coefficient (Wildman–Crippen LogP) is 3.81. The van der Waals surface area contributed by atoms with Crippen LogP contribution in [0.3, 0.4) is 0 Å². The summed E-state index contributed by atoms with van der Waals surface area (Å²) >= 11 is 0. The van der Waals surface area contributed by atoms with Crippen LogP contribution in [0, 0.1) is 5.92 Å². The highest BCUT2D eigenvalue weighted by Crippen LogP contribution is 2.28. The number of rotatable bonds is 9. The van der Waals surface area contributed by atoms with Crippen LogP contribution in [-0.4, -0.2) is 36.6 Å². The summed E-state index contributed by atoms with van der Waals surface area (Å²) in [5, 5.41) is 3.78. The Morgan fingerprint density at radius 2 is 1.79 bits per heavy atom. The van der Waals surface area contributed by atoms with Crippen molar-refractivity contribution in [2.45, 2.75) is 83.7 Å². The van der Waals surface area contributed by atoms with E-state index in [1.807, 2.05) is 0 Å². The van der Waals surface area contributed by atoms with Crippen molar-refractivity contribution in [3.63, 3.8) is 0 Å². The van der Waals surface area contributed by atoms with E-state index < -0.39 is 0 Å². The number of hydrogen-bond donors (Lipinski definition) is 1. The Balaban J connectivity index is 1.53. The fourth-order valence-corrected chi connectivity index (χ4v) is 3.25. The molecule has 0 amide bonds. The summed E-state index contributed by atoms with van der Waals surface area (Å²) < 4.78 is 0. The lowest BCUT2D eigenvalue weighted by Crippen LogP contribution is -2.46. The third-order valence-electron chi connectivity index (χ3n) is 5.02. The van der Waals surface area contributed by atoms with E-state index in [1.54, 1.807) is 0 Å². The molecule has 0 spiro atoms. The van der Waals surface area contributed by atoms with E-state index in [0.29, 0.717) is 0 Å². The Bertz CT molecular complexity index is 229. The molecule has 2 nitrogen and oxygen atoms in total. The summed E-state index contributed by atoms with van der Waals surface area (Å²) in [7, 11) is 0. The Morgan fingerprint density at radius 3 is 2.42 bits per heavy atom. The molecule has 2 heteroatoms. The quantitative estimate of drug-likeness (QED) is 0.638. The van der Waals surface area contributed by atoms with Crippen LogP contribution < -0.4 is 5.32 Å². The molecule has 2 aliphatic rings. The fourth-order valence-electron chi connectivity index (χ4n) is 3.25. The Hall–Kier alpha value is -0.0800. The molecule has 112 valence electrons. The molecule has 0 aromatic carbocycles. The van der Waals surface area contributed by atoms with Crippen molar-refractivity contribution in [2.24, 2.45) is 5.92 Å². The SMILES string of the molecule is CCCCCCC(C)N1CCC(NCC2CC2)CC1. The van der Waals surface area contributed by atoms with E-state index in [0.717, 1.165) is 18.0 Å². The van der Waals surface area contributed by atoms with Gasteiger partial charge in [0.15, 0.2) is 0 Å². The van der Waals surface area contributed by atoms with Crippen molar-refractivity contribution in [2.75, 3.05) is 19.6 Å². The summed E-state index contributed by atoms with van der Waals surface area (Å²) in [5.41, 5.74) is 0. The molecule has 1 N–H and O–H groups in total. The third-order valence-corrected chi connectivity index (χ3v) is 5.02. The molecule has 1 unspecified atom stereocenters. The zero-order chi connectivity index (χ0) is 13.5. The summed E-state index contributed by atoms with van der Waals surface area (Å²) in [6.07, 6.45) is 12.7. The molecule has 19 heavy (non-hydrogen) atoms. The van der Waals surface area contributed by atoms with Crippen LogP contribution >= 0.6 is 0 Å². The summed E-state index contributed by atoms with van der Waals surface area (Å²) in [6.45, 7) is 8.65. The zero-order valence-electron chi connectivity index (χ0n) is 13.2. The van der Waals surface area contributed by atoms with Crippen LogP contribution in [0.2, 0.25) is 0 Å². The van der Waals surface area contributed by atoms with Gasteiger partial charge < -0.3 is 10.2 Å². The predicted molar refractivity (Wildman–Crippen MR) is 83.5 cm³/mol. The topological polar surface area (TPSA) is 15.3 Å². The molecular formula is C17H34N2. The van der Waals surface area contributed by atoms with E-state index in [2.05, 4.69) is 24.1 Å². The van der Waals surface area contributed by atoms with Crippen LogP contribution in [0.25, 0.3) is 0 Å². The molecule has 2 rings (SSSR count). The molecular weight excluding hydrogens is 232 g/mol. The molecule has 2 fully saturated rings. The highest BCUT2D eigenvalue weighted by atomic mass is 15.2. The van der Waals surface area contributed by atoms with Crippen molar-refractivity contribution >= 4 is 0 Å². The van der Waals surface area contributed by atoms with Crippen molar-refractivity contribution in [1.82, 2.24) is 10.2 Å². The van der Waals surface area contributed by atoms with Gasteiger partial charge in [-0.2, -0.15) is 0 Å². The monoisotopic (exact) mass is 266 g/mol. The lowest BCUT2D eigenvalue weighted by molar-refractivity contribution is 0.144. The number of nitrogens with zero attached hydrogens (tertiary/aromatic N) is 1. The van der Waals surface area contributed by atoms with Crippen LogP contribution in [0.5, 0.6) is 0 Å². The van der Waals surface area contributed by atoms with Crippen LogP contribution in [0.1, 0.15) is 71.6 Å². The molecule has 1 aliphatic carbocycles. The second-order valence-corrected chi connectivity index (χ2v) is 6.86. The van der Waals surface area contributed by atoms with E-state index in [9.17, 15) is 0 Å². The Morgan fingerprint density at radius 1 is 1.05 bits per heavy atom. The molecule has 1 saturated carbocycles. The maximum absolute atomic E-state index is 3.78. The number of nitrogens with one attached hydrogen (secondary N) is 1. The maximum atomic E-state index is 3.78. The smallest absolute Gasteiger partial charge is 0.00915 e. The van der Waals surface area contributed by atoms with Gasteiger partial charge in [0.1, 0.15) is 0 Å². The van der Waals surface area contributed by atoms with E-state index in [4.69, 9.17) is 0 Å². The van der Waals surface area contributed by atoms with Gasteiger partial charge in [-0.25, -0.2) is 0 Å². The van der Waals surface area contributed by atoms with Gasteiger partial charge in [-0.1, -0.05) is 32.6 Å². The summed E-state index contributed by atoms with van der Waals surface area (Å²) in [4.78, 5) is 2.72. The van der Waals surface area contributed by atoms with Crippen LogP contribution in [0.4, 0.5) is 0 Å². The first kappa shape index (κ1) is 15.3. The minimum Gasteiger partial charge on any atom is -0.314 e. The lowest BCUT2D eigenvalue weighted by atomic mass is 10.0. The molecule has 0 aromatic heterocycles. The largest absolute Gasteiger partial charge is 0.314 e. The normalized spacial score (nSPS) is 23.7. The van der Waals surface area contributed by atoms with Gasteiger partial charge in [0.05, 0.1) is 0 Å². The minimum absolute atomic E-state index is 0.807. The molecule has 0 radical (unpaired) electrons. The van der Waals surface area contributed by atoms with Gasteiger partial charge in [0.2, 0.25) is 0 Å². The van der Waals surface area contributed by atoms with Gasteiger partial charge in [0.25, 0.3) is 0 Å². The van der Waals surface area contributed by atoms with Gasteiger partial charge >= 0.3 is 0 Å². The Labute approximate surface area is 120 Å². The molecule has 0 aromatic rings. The van der Waals surface area contributed by atoms with E-state index in [1.165, 1.54) is 77.4 Å². The number of likely N-dealkylation sites (tertiary alicyclic amines) is 1. The van der Waals surface area contributed by atoms with Crippen molar-refractivity contribution in [3.8, 4) is 0 Å². The van der Waals surface area contributed by atoms with Gasteiger partial charge in [-0.05, 0) is 64.6 Å². The van der Waals surface area contributed by atoms with Gasteiger partial charge in [-0.3, -0.25) is 0 Å². The number of hydrogen-bond acceptors (Lipinski definition) is 2. The van der Waals surface area contributed by atoms with E-state index in [-0.39, 0.29) is 0 Å². The highest BCUT2D eigenvalue weighted by molar-refractivity contribution is 4.83. The van der Waals surface area contributed by atoms with Crippen molar-refractivity contribution < 1.29 is 0 Å². The number of piperidine rings is 1. The molecule has 1 atom stereocenters. The first-order chi connectivity index (χ1) is 9.29. The summed E-state index contributed by atoms with van der Waals surface area (Å²) in [6, 6.07) is 1.62.